The fourth-order valence-corrected chi connectivity index (χ4v) is 5.13. The molecule has 3 amide bonds. The highest BCUT2D eigenvalue weighted by Gasteiger charge is 2.31. The Morgan fingerprint density at radius 1 is 1.07 bits per heavy atom. The maximum atomic E-state index is 13.5. The number of aliphatic hydroxyl groups excluding tert-OH is 1. The standard InChI is InChI=1S/C34H44N4O5/c1-23(2)35-34(41)36-28-13-16-31-27(17-28)18-33(40)38(25(4)22-39)19-24(3)32(43-31)21-37(5)20-26-11-14-30(15-12-26)42-29-9-7-6-8-10-29/h6-17,23-25,32,39H,18-22H2,1-5H3,(H2,35,36,41)/t24-,25+,32-/m1/s1. The Kier molecular flexibility index (Phi) is 11.0. The van der Waals surface area contributed by atoms with Gasteiger partial charge in [0.2, 0.25) is 5.91 Å². The largest absolute Gasteiger partial charge is 0.488 e. The first-order valence-corrected chi connectivity index (χ1v) is 14.9. The zero-order valence-corrected chi connectivity index (χ0v) is 25.7. The lowest BCUT2D eigenvalue weighted by Gasteiger charge is -2.34. The van der Waals surface area contributed by atoms with E-state index in [1.807, 2.05) is 69.3 Å². The van der Waals surface area contributed by atoms with E-state index in [2.05, 4.69) is 41.6 Å². The molecule has 43 heavy (non-hydrogen) atoms. The fourth-order valence-electron chi connectivity index (χ4n) is 5.13. The minimum Gasteiger partial charge on any atom is -0.488 e. The molecule has 3 N–H and O–H groups in total. The highest BCUT2D eigenvalue weighted by atomic mass is 16.5. The molecule has 0 unspecified atom stereocenters. The van der Waals surface area contributed by atoms with Gasteiger partial charge in [0.05, 0.1) is 19.1 Å². The Bertz CT molecular complexity index is 1350. The summed E-state index contributed by atoms with van der Waals surface area (Å²) in [5, 5.41) is 15.6. The van der Waals surface area contributed by atoms with Crippen molar-refractivity contribution >= 4 is 17.6 Å². The quantitative estimate of drug-likeness (QED) is 0.298. The number of aliphatic hydroxyl groups is 1. The second-order valence-corrected chi connectivity index (χ2v) is 11.7. The Balaban J connectivity index is 1.50. The maximum Gasteiger partial charge on any atom is 0.319 e. The molecule has 0 spiro atoms. The normalized spacial score (nSPS) is 17.8. The van der Waals surface area contributed by atoms with Crippen LogP contribution in [0.1, 0.15) is 38.8 Å². The topological polar surface area (TPSA) is 103 Å². The number of carbonyl (C=O) groups is 2. The van der Waals surface area contributed by atoms with Crippen LogP contribution in [0.15, 0.2) is 72.8 Å². The van der Waals surface area contributed by atoms with Crippen molar-refractivity contribution in [3.05, 3.63) is 83.9 Å². The van der Waals surface area contributed by atoms with Gasteiger partial charge in [0.1, 0.15) is 23.4 Å². The van der Waals surface area contributed by atoms with E-state index in [1.54, 1.807) is 17.0 Å². The summed E-state index contributed by atoms with van der Waals surface area (Å²) in [7, 11) is 2.05. The molecule has 1 heterocycles. The number of hydrogen-bond donors (Lipinski definition) is 3. The van der Waals surface area contributed by atoms with Gasteiger partial charge in [-0.2, -0.15) is 0 Å². The SMILES string of the molecule is CC(C)NC(=O)Nc1ccc2c(c1)CC(=O)N([C@@H](C)CO)C[C@@H](C)[C@@H](CN(C)Cc1ccc(Oc3ccccc3)cc1)O2. The fraction of sp³-hybridized carbons (Fsp3) is 0.412. The van der Waals surface area contributed by atoms with Gasteiger partial charge in [-0.05, 0) is 75.8 Å². The first kappa shape index (κ1) is 31.8. The first-order valence-electron chi connectivity index (χ1n) is 14.9. The Labute approximate surface area is 254 Å². The zero-order chi connectivity index (χ0) is 30.9. The number of rotatable bonds is 10. The van der Waals surface area contributed by atoms with Crippen molar-refractivity contribution in [2.45, 2.75) is 58.8 Å². The summed E-state index contributed by atoms with van der Waals surface area (Å²) in [6.45, 7) is 9.37. The summed E-state index contributed by atoms with van der Waals surface area (Å²) in [6, 6.07) is 22.5. The second-order valence-electron chi connectivity index (χ2n) is 11.7. The lowest BCUT2D eigenvalue weighted by atomic mass is 10.0. The van der Waals surface area contributed by atoms with Crippen molar-refractivity contribution in [2.24, 2.45) is 5.92 Å². The van der Waals surface area contributed by atoms with Crippen molar-refractivity contribution < 1.29 is 24.2 Å². The van der Waals surface area contributed by atoms with Gasteiger partial charge in [0, 0.05) is 42.8 Å². The number of anilines is 1. The number of hydrogen-bond acceptors (Lipinski definition) is 6. The van der Waals surface area contributed by atoms with E-state index in [1.165, 1.54) is 0 Å². The van der Waals surface area contributed by atoms with Crippen LogP contribution >= 0.6 is 0 Å². The van der Waals surface area contributed by atoms with Crippen molar-refractivity contribution in [3.8, 4) is 17.2 Å². The molecule has 3 aromatic carbocycles. The molecular weight excluding hydrogens is 544 g/mol. The van der Waals surface area contributed by atoms with E-state index >= 15 is 0 Å². The third kappa shape index (κ3) is 9.20. The summed E-state index contributed by atoms with van der Waals surface area (Å²) in [6.07, 6.45) is -0.125. The molecule has 0 aromatic heterocycles. The van der Waals surface area contributed by atoms with Gasteiger partial charge >= 0.3 is 6.03 Å². The number of benzene rings is 3. The number of likely N-dealkylation sites (N-methyl/N-ethyl adjacent to an activating group) is 1. The summed E-state index contributed by atoms with van der Waals surface area (Å²) in [5.74, 6) is 2.09. The predicted octanol–water partition coefficient (Wildman–Crippen LogP) is 5.29. The molecule has 1 aliphatic heterocycles. The van der Waals surface area contributed by atoms with E-state index in [0.29, 0.717) is 36.6 Å². The van der Waals surface area contributed by atoms with Gasteiger partial charge in [0.15, 0.2) is 0 Å². The summed E-state index contributed by atoms with van der Waals surface area (Å²) < 4.78 is 12.6. The first-order chi connectivity index (χ1) is 20.6. The highest BCUT2D eigenvalue weighted by Crippen LogP contribution is 2.29. The number of ether oxygens (including phenoxy) is 2. The number of fused-ring (bicyclic) bond motifs is 1. The lowest BCUT2D eigenvalue weighted by molar-refractivity contribution is -0.134. The van der Waals surface area contributed by atoms with Gasteiger partial charge < -0.3 is 30.1 Å². The molecule has 0 radical (unpaired) electrons. The molecule has 3 atom stereocenters. The van der Waals surface area contributed by atoms with Crippen LogP contribution in [-0.4, -0.2) is 71.8 Å². The number of nitrogens with one attached hydrogen (secondary N) is 2. The Morgan fingerprint density at radius 2 is 1.77 bits per heavy atom. The average molecular weight is 589 g/mol. The van der Waals surface area contributed by atoms with Crippen molar-refractivity contribution in [3.63, 3.8) is 0 Å². The molecule has 0 saturated heterocycles. The van der Waals surface area contributed by atoms with Crippen LogP contribution in [0.2, 0.25) is 0 Å². The second kappa shape index (κ2) is 14.9. The van der Waals surface area contributed by atoms with Crippen LogP contribution in [0.25, 0.3) is 0 Å². The monoisotopic (exact) mass is 588 g/mol. The number of carbonyl (C=O) groups excluding carboxylic acids is 2. The molecule has 3 aromatic rings. The van der Waals surface area contributed by atoms with Crippen LogP contribution < -0.4 is 20.1 Å². The third-order valence-corrected chi connectivity index (χ3v) is 7.44. The third-order valence-electron chi connectivity index (χ3n) is 7.44. The van der Waals surface area contributed by atoms with Crippen molar-refractivity contribution in [1.82, 2.24) is 15.1 Å². The molecule has 230 valence electrons. The van der Waals surface area contributed by atoms with Gasteiger partial charge in [-0.25, -0.2) is 4.79 Å². The smallest absolute Gasteiger partial charge is 0.319 e. The van der Waals surface area contributed by atoms with Gasteiger partial charge in [-0.3, -0.25) is 9.69 Å². The Morgan fingerprint density at radius 3 is 2.44 bits per heavy atom. The molecule has 4 rings (SSSR count). The molecular formula is C34H44N4O5. The summed E-state index contributed by atoms with van der Waals surface area (Å²) in [4.78, 5) is 29.7. The maximum absolute atomic E-state index is 13.5. The van der Waals surface area contributed by atoms with E-state index in [9.17, 15) is 14.7 Å². The molecule has 0 saturated carbocycles. The van der Waals surface area contributed by atoms with Crippen molar-refractivity contribution in [1.29, 1.82) is 0 Å². The van der Waals surface area contributed by atoms with Gasteiger partial charge in [0.25, 0.3) is 0 Å². The molecule has 9 nitrogen and oxygen atoms in total. The minimum absolute atomic E-state index is 0.00825. The molecule has 9 heteroatoms. The van der Waals surface area contributed by atoms with E-state index in [-0.39, 0.29) is 49.1 Å². The van der Waals surface area contributed by atoms with Gasteiger partial charge in [-0.1, -0.05) is 37.3 Å². The number of urea groups is 1. The molecule has 0 aliphatic carbocycles. The summed E-state index contributed by atoms with van der Waals surface area (Å²) >= 11 is 0. The minimum atomic E-state index is -0.329. The summed E-state index contributed by atoms with van der Waals surface area (Å²) in [5.41, 5.74) is 2.41. The van der Waals surface area contributed by atoms with E-state index in [4.69, 9.17) is 9.47 Å². The van der Waals surface area contributed by atoms with E-state index in [0.717, 1.165) is 17.1 Å². The average Bonchev–Trinajstić information content (AvgIpc) is 3.01. The van der Waals surface area contributed by atoms with Crippen LogP contribution in [-0.2, 0) is 17.8 Å². The van der Waals surface area contributed by atoms with Gasteiger partial charge in [-0.15, -0.1) is 0 Å². The number of amides is 3. The van der Waals surface area contributed by atoms with Crippen LogP contribution in [0.3, 0.4) is 0 Å². The number of para-hydroxylation sites is 1. The van der Waals surface area contributed by atoms with Crippen LogP contribution in [0.4, 0.5) is 10.5 Å². The Hall–Kier alpha value is -4.08. The van der Waals surface area contributed by atoms with Crippen molar-refractivity contribution in [2.75, 3.05) is 32.1 Å². The highest BCUT2D eigenvalue weighted by molar-refractivity contribution is 5.90. The molecule has 0 bridgehead atoms. The lowest BCUT2D eigenvalue weighted by Crippen LogP contribution is -2.47. The van der Waals surface area contributed by atoms with Crippen LogP contribution in [0, 0.1) is 5.92 Å². The number of nitrogens with zero attached hydrogens (tertiary/aromatic N) is 2. The van der Waals surface area contributed by atoms with E-state index < -0.39 is 0 Å². The zero-order valence-electron chi connectivity index (χ0n) is 25.7. The molecule has 0 fully saturated rings. The van der Waals surface area contributed by atoms with Crippen LogP contribution in [0.5, 0.6) is 17.2 Å². The molecule has 1 aliphatic rings. The predicted molar refractivity (Wildman–Crippen MR) is 169 cm³/mol.